The number of hydrazone groups is 1. The van der Waals surface area contributed by atoms with Gasteiger partial charge in [-0.25, -0.2) is 0 Å². The van der Waals surface area contributed by atoms with Gasteiger partial charge in [0.2, 0.25) is 10.2 Å². The maximum Gasteiger partial charge on any atom is 0.441 e. The van der Waals surface area contributed by atoms with Crippen molar-refractivity contribution in [2.75, 3.05) is 0 Å². The number of nitrogens with one attached hydrogen (secondary N) is 1. The molecule has 148 valence electrons. The van der Waals surface area contributed by atoms with Gasteiger partial charge in [-0.1, -0.05) is 23.2 Å². The van der Waals surface area contributed by atoms with Crippen LogP contribution in [0.15, 0.2) is 50.4 Å². The molecule has 0 fully saturated rings. The topological polar surface area (TPSA) is 82.0 Å². The fraction of sp³-hybridized carbons (Fsp3) is 0.0588. The van der Waals surface area contributed by atoms with Crippen LogP contribution >= 0.6 is 35.0 Å². The number of nitrogens with zero attached hydrogens (tertiary/aromatic N) is 3. The van der Waals surface area contributed by atoms with E-state index in [1.165, 1.54) is 18.2 Å². The molecule has 6 nitrogen and oxygen atoms in total. The highest BCUT2D eigenvalue weighted by atomic mass is 35.5. The number of benzene rings is 1. The molecule has 12 heteroatoms. The van der Waals surface area contributed by atoms with Gasteiger partial charge in [0, 0.05) is 10.6 Å². The number of alkyl halides is 3. The summed E-state index contributed by atoms with van der Waals surface area (Å²) in [5.41, 5.74) is 0.297. The van der Waals surface area contributed by atoms with E-state index >= 15 is 0 Å². The lowest BCUT2D eigenvalue weighted by Crippen LogP contribution is -2.35. The third kappa shape index (κ3) is 3.70. The molecule has 1 N–H and O–H groups in total. The van der Waals surface area contributed by atoms with Crippen LogP contribution < -0.4 is 0 Å². The minimum Gasteiger partial charge on any atom is -0.457 e. The molecule has 2 aromatic rings. The van der Waals surface area contributed by atoms with Crippen LogP contribution in [0.5, 0.6) is 0 Å². The zero-order valence-corrected chi connectivity index (χ0v) is 16.2. The molecule has 0 atom stereocenters. The van der Waals surface area contributed by atoms with Crippen molar-refractivity contribution in [3.8, 4) is 11.3 Å². The minimum absolute atomic E-state index is 0.185. The normalized spacial score (nSPS) is 18.2. The first kappa shape index (κ1) is 19.7. The Hall–Kier alpha value is -2.56. The zero-order chi connectivity index (χ0) is 20.9. The second kappa shape index (κ2) is 7.05. The molecular weight excluding hydrogens is 452 g/mol. The predicted molar refractivity (Wildman–Crippen MR) is 105 cm³/mol. The number of halogens is 5. The molecule has 2 aliphatic heterocycles. The first-order valence-electron chi connectivity index (χ1n) is 7.76. The van der Waals surface area contributed by atoms with Gasteiger partial charge in [-0.3, -0.25) is 10.2 Å². The SMILES string of the molecule is N=C1C(=Cc2ccc(-c3ccc(Cl)cc3Cl)o2)C(=O)N=C2SC(C(F)(F)F)=NN12. The van der Waals surface area contributed by atoms with Crippen LogP contribution in [0.25, 0.3) is 17.4 Å². The Bertz CT molecular complexity index is 1150. The Balaban J connectivity index is 1.66. The van der Waals surface area contributed by atoms with Crippen LogP contribution in [0.4, 0.5) is 13.2 Å². The van der Waals surface area contributed by atoms with E-state index in [2.05, 4.69) is 10.1 Å². The summed E-state index contributed by atoms with van der Waals surface area (Å²) in [6.07, 6.45) is -3.49. The van der Waals surface area contributed by atoms with Crippen LogP contribution in [-0.4, -0.2) is 33.1 Å². The van der Waals surface area contributed by atoms with Crippen LogP contribution in [-0.2, 0) is 4.79 Å². The van der Waals surface area contributed by atoms with Gasteiger partial charge in [0.25, 0.3) is 5.91 Å². The fourth-order valence-corrected chi connectivity index (χ4v) is 3.77. The van der Waals surface area contributed by atoms with E-state index < -0.39 is 23.0 Å². The highest BCUT2D eigenvalue weighted by Crippen LogP contribution is 2.36. The summed E-state index contributed by atoms with van der Waals surface area (Å²) in [5.74, 6) is -0.833. The molecule has 4 rings (SSSR count). The van der Waals surface area contributed by atoms with Crippen molar-refractivity contribution in [2.24, 2.45) is 10.1 Å². The number of furan rings is 1. The lowest BCUT2D eigenvalue weighted by atomic mass is 10.1. The molecule has 0 spiro atoms. The number of amidine groups is 2. The quantitative estimate of drug-likeness (QED) is 0.607. The molecule has 0 unspecified atom stereocenters. The van der Waals surface area contributed by atoms with Gasteiger partial charge >= 0.3 is 6.18 Å². The molecule has 1 amide bonds. The summed E-state index contributed by atoms with van der Waals surface area (Å²) in [7, 11) is 0. The van der Waals surface area contributed by atoms with Crippen molar-refractivity contribution in [1.82, 2.24) is 5.01 Å². The minimum atomic E-state index is -4.70. The molecular formula is C17H7Cl2F3N4O2S. The maximum atomic E-state index is 12.9. The van der Waals surface area contributed by atoms with Gasteiger partial charge in [-0.05, 0) is 48.2 Å². The number of rotatable bonds is 2. The Morgan fingerprint density at radius 3 is 2.66 bits per heavy atom. The highest BCUT2D eigenvalue weighted by molar-refractivity contribution is 8.27. The second-order valence-electron chi connectivity index (χ2n) is 5.75. The van der Waals surface area contributed by atoms with E-state index in [-0.39, 0.29) is 28.3 Å². The van der Waals surface area contributed by atoms with Gasteiger partial charge in [0.05, 0.1) is 10.6 Å². The van der Waals surface area contributed by atoms with Crippen molar-refractivity contribution in [3.63, 3.8) is 0 Å². The van der Waals surface area contributed by atoms with E-state index in [0.29, 0.717) is 26.4 Å². The lowest BCUT2D eigenvalue weighted by molar-refractivity contribution is -0.114. The molecule has 1 aromatic heterocycles. The molecule has 0 saturated carbocycles. The molecule has 0 radical (unpaired) electrons. The van der Waals surface area contributed by atoms with Crippen molar-refractivity contribution in [3.05, 3.63) is 51.7 Å². The fourth-order valence-electron chi connectivity index (χ4n) is 2.51. The van der Waals surface area contributed by atoms with Gasteiger partial charge in [-0.2, -0.15) is 28.3 Å². The monoisotopic (exact) mass is 458 g/mol. The Labute approximate surface area is 175 Å². The third-order valence-corrected chi connectivity index (χ3v) is 5.31. The smallest absolute Gasteiger partial charge is 0.441 e. The third-order valence-electron chi connectivity index (χ3n) is 3.81. The highest BCUT2D eigenvalue weighted by Gasteiger charge is 2.46. The summed E-state index contributed by atoms with van der Waals surface area (Å²) in [6, 6.07) is 7.94. The first-order chi connectivity index (χ1) is 13.6. The van der Waals surface area contributed by atoms with Crippen molar-refractivity contribution >= 4 is 63.0 Å². The molecule has 0 saturated heterocycles. The molecule has 2 aliphatic rings. The number of fused-ring (bicyclic) bond motifs is 1. The van der Waals surface area contributed by atoms with E-state index in [1.807, 2.05) is 0 Å². The predicted octanol–water partition coefficient (Wildman–Crippen LogP) is 5.43. The number of carbonyl (C=O) groups is 1. The van der Waals surface area contributed by atoms with Crippen LogP contribution in [0.2, 0.25) is 10.0 Å². The van der Waals surface area contributed by atoms with Crippen LogP contribution in [0, 0.1) is 5.41 Å². The van der Waals surface area contributed by atoms with Gasteiger partial charge in [0.15, 0.2) is 5.84 Å². The van der Waals surface area contributed by atoms with Gasteiger partial charge < -0.3 is 4.42 Å². The number of aliphatic imine (C=N–C) groups is 1. The van der Waals surface area contributed by atoms with Crippen LogP contribution in [0.1, 0.15) is 5.76 Å². The standard InChI is InChI=1S/C17H7Cl2F3N4O2S/c18-7-1-3-9(11(19)5-7)12-4-2-8(28-12)6-10-13(23)26-16(24-14(10)27)29-15(25-26)17(20,21)22/h1-6,23H. The van der Waals surface area contributed by atoms with Gasteiger partial charge in [-0.15, -0.1) is 0 Å². The number of amides is 1. The van der Waals surface area contributed by atoms with Crippen molar-refractivity contribution < 1.29 is 22.4 Å². The summed E-state index contributed by atoms with van der Waals surface area (Å²) in [6.45, 7) is 0. The van der Waals surface area contributed by atoms with Gasteiger partial charge in [0.1, 0.15) is 11.5 Å². The maximum absolute atomic E-state index is 12.9. The second-order valence-corrected chi connectivity index (χ2v) is 7.55. The van der Waals surface area contributed by atoms with E-state index in [0.717, 1.165) is 0 Å². The average molecular weight is 459 g/mol. The van der Waals surface area contributed by atoms with E-state index in [9.17, 15) is 18.0 Å². The summed E-state index contributed by atoms with van der Waals surface area (Å²) in [5, 5.41) is 11.4. The largest absolute Gasteiger partial charge is 0.457 e. The average Bonchev–Trinajstić information content (AvgIpc) is 3.25. The zero-order valence-electron chi connectivity index (χ0n) is 13.9. The Morgan fingerprint density at radius 1 is 1.21 bits per heavy atom. The number of hydrogen-bond donors (Lipinski definition) is 1. The number of carbonyl (C=O) groups excluding carboxylic acids is 1. The number of thioether (sulfide) groups is 1. The van der Waals surface area contributed by atoms with Crippen molar-refractivity contribution in [1.29, 1.82) is 5.41 Å². The first-order valence-corrected chi connectivity index (χ1v) is 9.33. The molecule has 1 aromatic carbocycles. The van der Waals surface area contributed by atoms with Crippen molar-refractivity contribution in [2.45, 2.75) is 6.18 Å². The number of hydrogen-bond acceptors (Lipinski definition) is 5. The summed E-state index contributed by atoms with van der Waals surface area (Å²) >= 11 is 12.2. The van der Waals surface area contributed by atoms with E-state index in [1.54, 1.807) is 18.2 Å². The Kier molecular flexibility index (Phi) is 4.80. The lowest BCUT2D eigenvalue weighted by Gasteiger charge is -2.19. The molecule has 0 bridgehead atoms. The Morgan fingerprint density at radius 2 is 1.97 bits per heavy atom. The summed E-state index contributed by atoms with van der Waals surface area (Å²) < 4.78 is 44.2. The van der Waals surface area contributed by atoms with E-state index in [4.69, 9.17) is 33.0 Å². The molecule has 3 heterocycles. The molecule has 0 aliphatic carbocycles. The molecule has 29 heavy (non-hydrogen) atoms. The van der Waals surface area contributed by atoms with Crippen LogP contribution in [0.3, 0.4) is 0 Å². The summed E-state index contributed by atoms with van der Waals surface area (Å²) in [4.78, 5) is 15.8.